The molecule has 4 atom stereocenters. The summed E-state index contributed by atoms with van der Waals surface area (Å²) in [6.45, 7) is 6.39. The van der Waals surface area contributed by atoms with Crippen LogP contribution in [0.4, 0.5) is 0 Å². The van der Waals surface area contributed by atoms with Gasteiger partial charge in [-0.1, -0.05) is 72.8 Å². The van der Waals surface area contributed by atoms with Crippen molar-refractivity contribution >= 4 is 77.1 Å². The lowest BCUT2D eigenvalue weighted by molar-refractivity contribution is -0.146. The zero-order valence-corrected chi connectivity index (χ0v) is 58.7. The zero-order chi connectivity index (χ0) is 72.5. The largest absolute Gasteiger partial charge is 0.481 e. The van der Waals surface area contributed by atoms with E-state index in [2.05, 4.69) is 31.2 Å². The number of H-pyrrole nitrogens is 2. The van der Waals surface area contributed by atoms with Crippen LogP contribution in [0.15, 0.2) is 122 Å². The summed E-state index contributed by atoms with van der Waals surface area (Å²) < 4.78 is 79.8. The zero-order valence-electron chi connectivity index (χ0n) is 57.8. The minimum absolute atomic E-state index is 0.0160. The fourth-order valence-corrected chi connectivity index (χ4v) is 13.3. The number of esters is 4. The smallest absolute Gasteiger partial charge is 0.474 e. The van der Waals surface area contributed by atoms with E-state index in [1.165, 1.54) is 38.1 Å². The predicted octanol–water partition coefficient (Wildman–Crippen LogP) is 8.59. The summed E-state index contributed by atoms with van der Waals surface area (Å²) in [5.41, 5.74) is 5.99. The molecule has 26 nitrogen and oxygen atoms in total. The second-order valence-electron chi connectivity index (χ2n) is 24.3. The highest BCUT2D eigenvalue weighted by atomic mass is 31.2. The number of aromatic nitrogens is 2. The van der Waals surface area contributed by atoms with Gasteiger partial charge in [-0.2, -0.15) is 0 Å². The van der Waals surface area contributed by atoms with Crippen molar-refractivity contribution < 1.29 is 94.4 Å². The van der Waals surface area contributed by atoms with Gasteiger partial charge in [0, 0.05) is 78.1 Å². The van der Waals surface area contributed by atoms with Crippen molar-refractivity contribution in [3.63, 3.8) is 0 Å². The third kappa shape index (κ3) is 18.9. The van der Waals surface area contributed by atoms with Crippen molar-refractivity contribution in [2.24, 2.45) is 0 Å². The molecular formula is C75H83N6O20P. The number of ether oxygens (including phenoxy) is 8. The van der Waals surface area contributed by atoms with E-state index < -0.39 is 119 Å². The minimum Gasteiger partial charge on any atom is -0.481 e. The third-order valence-corrected chi connectivity index (χ3v) is 18.4. The third-order valence-electron chi connectivity index (χ3n) is 17.0. The van der Waals surface area contributed by atoms with Crippen molar-refractivity contribution in [3.05, 3.63) is 188 Å². The Morgan fingerprint density at radius 2 is 0.755 bits per heavy atom. The summed E-state index contributed by atoms with van der Waals surface area (Å²) in [5, 5.41) is 13.4. The molecule has 2 aromatic heterocycles. The number of carbonyl (C=O) groups is 8. The van der Waals surface area contributed by atoms with Gasteiger partial charge in [0.05, 0.1) is 51.7 Å². The van der Waals surface area contributed by atoms with Gasteiger partial charge in [-0.3, -0.25) is 32.7 Å². The van der Waals surface area contributed by atoms with Crippen LogP contribution in [0.25, 0.3) is 21.8 Å². The van der Waals surface area contributed by atoms with Gasteiger partial charge in [0.2, 0.25) is 11.8 Å². The number of nitrogens with one attached hydrogen (secondary N) is 6. The first kappa shape index (κ1) is 74.2. The molecule has 3 aliphatic rings. The van der Waals surface area contributed by atoms with Crippen molar-refractivity contribution in [2.45, 2.75) is 104 Å². The molecule has 4 heterocycles. The van der Waals surface area contributed by atoms with E-state index in [-0.39, 0.29) is 99.1 Å². The number of benzene rings is 6. The van der Waals surface area contributed by atoms with E-state index in [9.17, 15) is 33.3 Å². The maximum absolute atomic E-state index is 15.2. The van der Waals surface area contributed by atoms with Crippen LogP contribution in [0.5, 0.6) is 23.0 Å². The average molecular weight is 1420 g/mol. The van der Waals surface area contributed by atoms with Gasteiger partial charge >= 0.3 is 31.7 Å². The molecule has 0 saturated carbocycles. The fraction of sp³-hybridized carbons (Fsp3) is 0.360. The van der Waals surface area contributed by atoms with Gasteiger partial charge in [-0.25, -0.2) is 23.7 Å². The lowest BCUT2D eigenvalue weighted by atomic mass is 9.89. The first-order chi connectivity index (χ1) is 49.2. The Balaban J connectivity index is 1.18. The van der Waals surface area contributed by atoms with Crippen molar-refractivity contribution in [1.82, 2.24) is 31.2 Å². The summed E-state index contributed by atoms with van der Waals surface area (Å²) in [6, 6.07) is 27.1. The number of rotatable bonds is 21. The van der Waals surface area contributed by atoms with E-state index in [0.29, 0.717) is 44.5 Å². The van der Waals surface area contributed by atoms with Gasteiger partial charge in [0.15, 0.2) is 26.4 Å². The Labute approximate surface area is 589 Å². The van der Waals surface area contributed by atoms with Crippen LogP contribution >= 0.6 is 7.82 Å². The Morgan fingerprint density at radius 3 is 1.07 bits per heavy atom. The molecule has 6 N–H and O–H groups in total. The lowest BCUT2D eigenvalue weighted by Crippen LogP contribution is -2.50. The van der Waals surface area contributed by atoms with E-state index in [0.717, 1.165) is 40.0 Å². The van der Waals surface area contributed by atoms with Crippen LogP contribution in [0.1, 0.15) is 118 Å². The fourth-order valence-electron chi connectivity index (χ4n) is 12.3. The Bertz CT molecular complexity index is 4090. The Hall–Kier alpha value is -10.5. The molecule has 0 saturated heterocycles. The van der Waals surface area contributed by atoms with Crippen molar-refractivity contribution in [1.29, 1.82) is 0 Å². The summed E-state index contributed by atoms with van der Waals surface area (Å²) in [7, 11) is -3.42. The van der Waals surface area contributed by atoms with Crippen LogP contribution in [0.3, 0.4) is 0 Å². The Morgan fingerprint density at radius 1 is 0.441 bits per heavy atom. The minimum atomic E-state index is -4.56. The molecule has 0 fully saturated rings. The summed E-state index contributed by atoms with van der Waals surface area (Å²) >= 11 is 0. The molecule has 11 rings (SSSR count). The molecule has 6 aromatic carbocycles. The van der Waals surface area contributed by atoms with Gasteiger partial charge in [-0.05, 0) is 146 Å². The lowest BCUT2D eigenvalue weighted by Gasteiger charge is -2.26. The summed E-state index contributed by atoms with van der Waals surface area (Å²) in [4.78, 5) is 120. The molecule has 0 radical (unpaired) electrons. The van der Waals surface area contributed by atoms with E-state index in [4.69, 9.17) is 51.5 Å². The molecule has 27 heteroatoms. The van der Waals surface area contributed by atoms with Crippen LogP contribution in [0, 0.1) is 0 Å². The highest BCUT2D eigenvalue weighted by Gasteiger charge is 2.34. The second-order valence-corrected chi connectivity index (χ2v) is 26.1. The number of phosphoric acid groups is 1. The molecule has 2 aliphatic heterocycles. The molecule has 10 bridgehead atoms. The number of aromatic amines is 2. The monoisotopic (exact) mass is 1420 g/mol. The van der Waals surface area contributed by atoms with Gasteiger partial charge in [-0.15, -0.1) is 0 Å². The number of para-hydroxylation sites is 4. The van der Waals surface area contributed by atoms with Gasteiger partial charge < -0.3 is 69.1 Å². The van der Waals surface area contributed by atoms with Gasteiger partial charge in [0.1, 0.15) is 35.1 Å². The number of hydrogen-bond acceptors (Lipinski definition) is 20. The van der Waals surface area contributed by atoms with E-state index >= 15 is 9.59 Å². The van der Waals surface area contributed by atoms with Crippen molar-refractivity contribution in [2.75, 3.05) is 73.2 Å². The molecule has 4 amide bonds. The topological polar surface area (TPSA) is 335 Å². The van der Waals surface area contributed by atoms with E-state index in [1.54, 1.807) is 76.5 Å². The van der Waals surface area contributed by atoms with Crippen LogP contribution in [0.2, 0.25) is 0 Å². The molecule has 102 heavy (non-hydrogen) atoms. The number of amides is 4. The quantitative estimate of drug-likeness (QED) is 0.0170. The number of fused-ring (bicyclic) bond motifs is 18. The maximum atomic E-state index is 15.2. The van der Waals surface area contributed by atoms with Gasteiger partial charge in [0.25, 0.3) is 11.8 Å². The Kier molecular flexibility index (Phi) is 25.2. The number of carbonyl (C=O) groups excluding carboxylic acids is 8. The number of hydrogen-bond donors (Lipinski definition) is 6. The van der Waals surface area contributed by atoms with Crippen LogP contribution in [-0.4, -0.2) is 155 Å². The second kappa shape index (κ2) is 34.7. The van der Waals surface area contributed by atoms with Crippen LogP contribution < -0.4 is 40.2 Å². The molecule has 538 valence electrons. The molecule has 4 unspecified atom stereocenters. The highest BCUT2D eigenvalue weighted by molar-refractivity contribution is 7.48. The average Bonchev–Trinajstić information content (AvgIpc) is 0.893. The van der Waals surface area contributed by atoms with Crippen molar-refractivity contribution in [3.8, 4) is 23.0 Å². The first-order valence-corrected chi connectivity index (χ1v) is 35.2. The van der Waals surface area contributed by atoms with Crippen LogP contribution in [-0.2, 0) is 104 Å². The number of phosphoric ester groups is 1. The molecule has 1 aliphatic carbocycles. The SMILES string of the molecule is CCOC(=O)COc1c2cccc1Cc1cc3cc(c1OCC(=O)OCC)Cc1cccc(c1OCC(=O)OCC)Cc1cc(cc(c1OCC(=O)OCC)C2)C(=O)NC(C)C(=O)NC(Cc1c[nH]c2ccccc12)COP(=O)(OC)OCC(Cc1c[nH]c2ccccc12)NC(=O)C(C)NC3=O. The standard InChI is InChI=1S/C75H83N6O20P/c1-8-92-64(82)40-96-68-46-18-16-19-47(68)27-51-31-55-33-53(71(51)99-43-67(85)95-11-4)29-49-21-17-20-48(69(49)97-41-65(83)93-9-2)28-52-32-54(30-50(26-46)70(52)98-42-66(84)94-10-3)74(88)78-44(5)72(86)80-58(34-56-36-76-62-24-14-12-22-60(56)62)38-100-102(90,91-7)101-39-59(81-73(87)45(6)79-75(55)89)35-57-37-77-63-25-15-13-23-61(57)63/h12-25,30-33,36-37,44-45,58-59,76-77H,8-11,26-29,34-35,38-43H2,1-7H3,(H,78,88)(H,79,89)(H,80,86)(H,81,87). The van der Waals surface area contributed by atoms with E-state index in [1.807, 2.05) is 48.5 Å². The maximum Gasteiger partial charge on any atom is 0.474 e. The summed E-state index contributed by atoms with van der Waals surface area (Å²) in [5.74, 6) is -5.12. The molecular weight excluding hydrogens is 1340 g/mol. The normalized spacial score (nSPS) is 18.3. The molecule has 0 spiro atoms. The summed E-state index contributed by atoms with van der Waals surface area (Å²) in [6.07, 6.45) is 3.20. The first-order valence-electron chi connectivity index (χ1n) is 33.7. The predicted molar refractivity (Wildman–Crippen MR) is 374 cm³/mol. The molecule has 8 aromatic rings. The highest BCUT2D eigenvalue weighted by Crippen LogP contribution is 2.49.